The fourth-order valence-corrected chi connectivity index (χ4v) is 0.789. The number of amides is 1. The van der Waals surface area contributed by atoms with Crippen molar-refractivity contribution in [1.29, 1.82) is 0 Å². The molecule has 0 aromatic rings. The van der Waals surface area contributed by atoms with Crippen LogP contribution in [0.4, 0.5) is 0 Å². The van der Waals surface area contributed by atoms with E-state index in [0.29, 0.717) is 6.54 Å². The van der Waals surface area contributed by atoms with E-state index in [1.165, 1.54) is 0 Å². The molecule has 0 aliphatic heterocycles. The quantitative estimate of drug-likeness (QED) is 0.625. The van der Waals surface area contributed by atoms with Crippen LogP contribution in [0.5, 0.6) is 0 Å². The van der Waals surface area contributed by atoms with Crippen LogP contribution in [0.3, 0.4) is 0 Å². The van der Waals surface area contributed by atoms with Gasteiger partial charge in [-0.3, -0.25) is 4.79 Å². The van der Waals surface area contributed by atoms with Gasteiger partial charge in [0, 0.05) is 11.0 Å². The minimum Gasteiger partial charge on any atom is -0.366 e. The number of carbonyl (C=O) groups excluding carboxylic acids is 1. The molecule has 0 bridgehead atoms. The fraction of sp³-hybridized carbons (Fsp3) is 0.875. The van der Waals surface area contributed by atoms with Gasteiger partial charge in [-0.05, 0) is 20.8 Å². The highest BCUT2D eigenvalue weighted by atomic mass is 127. The number of halogens is 1. The summed E-state index contributed by atoms with van der Waals surface area (Å²) in [4.78, 5) is 11.0. The zero-order valence-electron chi connectivity index (χ0n) is 7.82. The summed E-state index contributed by atoms with van der Waals surface area (Å²) in [7, 11) is 0. The Morgan fingerprint density at radius 3 is 2.50 bits per heavy atom. The third kappa shape index (κ3) is 8.26. The maximum atomic E-state index is 11.0. The number of hydrogen-bond acceptors (Lipinski definition) is 2. The summed E-state index contributed by atoms with van der Waals surface area (Å²) in [6, 6.07) is 0. The van der Waals surface area contributed by atoms with Gasteiger partial charge in [0.15, 0.2) is 0 Å². The molecule has 12 heavy (non-hydrogen) atoms. The first kappa shape index (κ1) is 12.2. The van der Waals surface area contributed by atoms with Gasteiger partial charge in [0.2, 0.25) is 5.91 Å². The van der Waals surface area contributed by atoms with E-state index in [2.05, 4.69) is 27.9 Å². The minimum absolute atomic E-state index is 0.0402. The lowest BCUT2D eigenvalue weighted by atomic mass is 10.2. The van der Waals surface area contributed by atoms with Crippen LogP contribution in [0.1, 0.15) is 20.8 Å². The summed E-state index contributed by atoms with van der Waals surface area (Å²) in [5, 5.41) is 2.73. The Hall–Kier alpha value is 0.160. The van der Waals surface area contributed by atoms with Crippen molar-refractivity contribution in [2.24, 2.45) is 0 Å². The molecule has 0 radical (unpaired) electrons. The molecule has 0 aromatic heterocycles. The normalized spacial score (nSPS) is 11.3. The van der Waals surface area contributed by atoms with Crippen molar-refractivity contribution in [3.05, 3.63) is 0 Å². The molecule has 0 atom stereocenters. The molecule has 0 saturated carbocycles. The molecule has 4 heteroatoms. The molecule has 1 N–H and O–H groups in total. The average molecular weight is 285 g/mol. The molecular weight excluding hydrogens is 269 g/mol. The maximum Gasteiger partial charge on any atom is 0.246 e. The third-order valence-electron chi connectivity index (χ3n) is 1.05. The van der Waals surface area contributed by atoms with E-state index < -0.39 is 0 Å². The van der Waals surface area contributed by atoms with E-state index in [1.807, 2.05) is 20.8 Å². The van der Waals surface area contributed by atoms with Crippen LogP contribution < -0.4 is 5.32 Å². The minimum atomic E-state index is -0.234. The third-order valence-corrected chi connectivity index (χ3v) is 1.59. The summed E-state index contributed by atoms with van der Waals surface area (Å²) in [5.41, 5.74) is -0.234. The first-order valence-electron chi connectivity index (χ1n) is 3.92. The molecule has 3 nitrogen and oxygen atoms in total. The predicted molar refractivity (Wildman–Crippen MR) is 57.6 cm³/mol. The van der Waals surface area contributed by atoms with Gasteiger partial charge >= 0.3 is 0 Å². The first-order chi connectivity index (χ1) is 5.45. The Morgan fingerprint density at radius 1 is 1.50 bits per heavy atom. The topological polar surface area (TPSA) is 38.3 Å². The Kier molecular flexibility index (Phi) is 5.82. The second-order valence-electron chi connectivity index (χ2n) is 3.44. The number of hydrogen-bond donors (Lipinski definition) is 1. The lowest BCUT2D eigenvalue weighted by molar-refractivity contribution is -0.130. The Morgan fingerprint density at radius 2 is 2.08 bits per heavy atom. The van der Waals surface area contributed by atoms with E-state index in [1.54, 1.807) is 0 Å². The molecule has 0 aliphatic rings. The van der Waals surface area contributed by atoms with Gasteiger partial charge in [-0.2, -0.15) is 0 Å². The van der Waals surface area contributed by atoms with Gasteiger partial charge in [0.1, 0.15) is 6.61 Å². The highest BCUT2D eigenvalue weighted by Crippen LogP contribution is 2.05. The van der Waals surface area contributed by atoms with Crippen molar-refractivity contribution in [3.8, 4) is 0 Å². The molecular formula is C8H16INO2. The Balaban J connectivity index is 3.44. The zero-order chi connectivity index (χ0) is 9.61. The number of rotatable bonds is 4. The number of alkyl halides is 1. The van der Waals surface area contributed by atoms with E-state index >= 15 is 0 Å². The van der Waals surface area contributed by atoms with Crippen molar-refractivity contribution >= 4 is 28.5 Å². The van der Waals surface area contributed by atoms with Gasteiger partial charge in [-0.25, -0.2) is 0 Å². The number of carbonyl (C=O) groups is 1. The van der Waals surface area contributed by atoms with Gasteiger partial charge in [0.25, 0.3) is 0 Å². The molecule has 0 rings (SSSR count). The largest absolute Gasteiger partial charge is 0.366 e. The van der Waals surface area contributed by atoms with Crippen molar-refractivity contribution in [1.82, 2.24) is 5.32 Å². The number of ether oxygens (including phenoxy) is 1. The van der Waals surface area contributed by atoms with Crippen molar-refractivity contribution in [3.63, 3.8) is 0 Å². The van der Waals surface area contributed by atoms with Gasteiger partial charge in [0.05, 0.1) is 5.60 Å². The predicted octanol–water partition coefficient (Wildman–Crippen LogP) is 1.35. The van der Waals surface area contributed by atoms with Crippen molar-refractivity contribution in [2.45, 2.75) is 26.4 Å². The highest BCUT2D eigenvalue weighted by Gasteiger charge is 2.11. The summed E-state index contributed by atoms with van der Waals surface area (Å²) in [6.07, 6.45) is 0. The summed E-state index contributed by atoms with van der Waals surface area (Å²) < 4.78 is 6.20. The molecule has 0 unspecified atom stereocenters. The van der Waals surface area contributed by atoms with Crippen LogP contribution in [0, 0.1) is 0 Å². The van der Waals surface area contributed by atoms with Crippen LogP contribution >= 0.6 is 22.6 Å². The molecule has 0 aromatic carbocycles. The Labute approximate surface area is 87.4 Å². The second kappa shape index (κ2) is 5.75. The molecule has 0 heterocycles. The van der Waals surface area contributed by atoms with Crippen LogP contribution in [-0.4, -0.2) is 29.1 Å². The van der Waals surface area contributed by atoms with Crippen molar-refractivity contribution < 1.29 is 9.53 Å². The summed E-state index contributed by atoms with van der Waals surface area (Å²) in [6.45, 7) is 6.66. The standard InChI is InChI=1S/C8H16INO2/c1-8(2,3)12-6-7(11)10-5-4-9/h4-6H2,1-3H3,(H,10,11). The molecule has 0 saturated heterocycles. The SMILES string of the molecule is CC(C)(C)OCC(=O)NCCI. The lowest BCUT2D eigenvalue weighted by Gasteiger charge is -2.18. The van der Waals surface area contributed by atoms with E-state index in [9.17, 15) is 4.79 Å². The van der Waals surface area contributed by atoms with Crippen LogP contribution in [-0.2, 0) is 9.53 Å². The lowest BCUT2D eigenvalue weighted by Crippen LogP contribution is -2.32. The zero-order valence-corrected chi connectivity index (χ0v) is 9.97. The van der Waals surface area contributed by atoms with Crippen LogP contribution in [0.2, 0.25) is 0 Å². The maximum absolute atomic E-state index is 11.0. The van der Waals surface area contributed by atoms with E-state index in [0.717, 1.165) is 4.43 Å². The first-order valence-corrected chi connectivity index (χ1v) is 5.45. The highest BCUT2D eigenvalue weighted by molar-refractivity contribution is 14.1. The van der Waals surface area contributed by atoms with Crippen LogP contribution in [0.15, 0.2) is 0 Å². The molecule has 0 fully saturated rings. The van der Waals surface area contributed by atoms with Gasteiger partial charge < -0.3 is 10.1 Å². The molecule has 0 spiro atoms. The summed E-state index contributed by atoms with van der Waals surface area (Å²) in [5.74, 6) is -0.0402. The van der Waals surface area contributed by atoms with E-state index in [-0.39, 0.29) is 18.1 Å². The van der Waals surface area contributed by atoms with Crippen molar-refractivity contribution in [2.75, 3.05) is 17.6 Å². The molecule has 72 valence electrons. The Bertz CT molecular complexity index is 142. The summed E-state index contributed by atoms with van der Waals surface area (Å²) >= 11 is 2.21. The number of nitrogens with one attached hydrogen (secondary N) is 1. The average Bonchev–Trinajstić information content (AvgIpc) is 1.95. The van der Waals surface area contributed by atoms with E-state index in [4.69, 9.17) is 4.74 Å². The second-order valence-corrected chi connectivity index (χ2v) is 4.52. The fourth-order valence-electron chi connectivity index (χ4n) is 0.520. The smallest absolute Gasteiger partial charge is 0.246 e. The van der Waals surface area contributed by atoms with Gasteiger partial charge in [-0.1, -0.05) is 22.6 Å². The van der Waals surface area contributed by atoms with Gasteiger partial charge in [-0.15, -0.1) is 0 Å². The van der Waals surface area contributed by atoms with Crippen LogP contribution in [0.25, 0.3) is 0 Å². The monoisotopic (exact) mass is 285 g/mol. The molecule has 1 amide bonds. The molecule has 0 aliphatic carbocycles.